The van der Waals surface area contributed by atoms with E-state index in [2.05, 4.69) is 9.97 Å². The van der Waals surface area contributed by atoms with Crippen LogP contribution >= 0.6 is 0 Å². The van der Waals surface area contributed by atoms with E-state index in [1.54, 1.807) is 6.92 Å². The third kappa shape index (κ3) is 2.52. The highest BCUT2D eigenvalue weighted by Crippen LogP contribution is 2.21. The predicted octanol–water partition coefficient (Wildman–Crippen LogP) is 2.32. The number of aryl methyl sites for hydroxylation is 1. The Kier molecular flexibility index (Phi) is 3.43. The molecule has 0 fully saturated rings. The number of hydrogen-bond acceptors (Lipinski definition) is 3. The van der Waals surface area contributed by atoms with Crippen molar-refractivity contribution in [3.8, 4) is 17.3 Å². The van der Waals surface area contributed by atoms with Crippen molar-refractivity contribution in [1.29, 1.82) is 5.26 Å². The van der Waals surface area contributed by atoms with Gasteiger partial charge in [-0.3, -0.25) is 4.79 Å². The van der Waals surface area contributed by atoms with Crippen LogP contribution in [0.15, 0.2) is 23.0 Å². The molecule has 0 saturated carbocycles. The molecule has 0 aliphatic carbocycles. The van der Waals surface area contributed by atoms with Crippen LogP contribution in [0.2, 0.25) is 0 Å². The zero-order chi connectivity index (χ0) is 14.0. The van der Waals surface area contributed by atoms with Crippen molar-refractivity contribution in [3.05, 3.63) is 51.3 Å². The van der Waals surface area contributed by atoms with Crippen molar-refractivity contribution in [2.75, 3.05) is 0 Å². The van der Waals surface area contributed by atoms with E-state index in [1.807, 2.05) is 13.0 Å². The van der Waals surface area contributed by atoms with E-state index in [-0.39, 0.29) is 11.1 Å². The van der Waals surface area contributed by atoms with Crippen LogP contribution in [0, 0.1) is 24.1 Å². The summed E-state index contributed by atoms with van der Waals surface area (Å²) in [6, 6.07) is 5.83. The topological polar surface area (TPSA) is 69.5 Å². The molecular weight excluding hydrogens is 245 g/mol. The number of hydrogen-bond donors (Lipinski definition) is 1. The predicted molar refractivity (Wildman–Crippen MR) is 69.1 cm³/mol. The van der Waals surface area contributed by atoms with Crippen LogP contribution in [0.4, 0.5) is 4.39 Å². The van der Waals surface area contributed by atoms with E-state index in [4.69, 9.17) is 5.26 Å². The van der Waals surface area contributed by atoms with Gasteiger partial charge in [0.1, 0.15) is 11.6 Å². The molecule has 0 aliphatic heterocycles. The molecule has 0 radical (unpaired) electrons. The molecule has 0 atom stereocenters. The van der Waals surface area contributed by atoms with Crippen molar-refractivity contribution in [1.82, 2.24) is 9.97 Å². The highest BCUT2D eigenvalue weighted by atomic mass is 19.1. The van der Waals surface area contributed by atoms with Gasteiger partial charge in [-0.15, -0.1) is 0 Å². The van der Waals surface area contributed by atoms with Crippen molar-refractivity contribution >= 4 is 0 Å². The first-order valence-corrected chi connectivity index (χ1v) is 5.86. The normalized spacial score (nSPS) is 10.2. The van der Waals surface area contributed by atoms with Crippen molar-refractivity contribution in [2.24, 2.45) is 0 Å². The standard InChI is InChI=1S/C14H12FN3O/c1-3-12-17-13(8(2)14(19)18-12)10-4-9(7-16)5-11(15)6-10/h4-6H,3H2,1-2H3,(H,17,18,19). The molecular formula is C14H12FN3O. The minimum atomic E-state index is -0.520. The molecule has 0 unspecified atom stereocenters. The second-order valence-electron chi connectivity index (χ2n) is 4.18. The largest absolute Gasteiger partial charge is 0.310 e. The summed E-state index contributed by atoms with van der Waals surface area (Å²) in [4.78, 5) is 18.7. The molecule has 1 heterocycles. The molecule has 0 bridgehead atoms. The van der Waals surface area contributed by atoms with Crippen LogP contribution in [0.5, 0.6) is 0 Å². The number of H-pyrrole nitrogens is 1. The summed E-state index contributed by atoms with van der Waals surface area (Å²) in [7, 11) is 0. The number of nitriles is 1. The summed E-state index contributed by atoms with van der Waals surface area (Å²) in [6.45, 7) is 3.49. The van der Waals surface area contributed by atoms with Crippen molar-refractivity contribution in [3.63, 3.8) is 0 Å². The summed E-state index contributed by atoms with van der Waals surface area (Å²) in [5.74, 6) is 0.0157. The highest BCUT2D eigenvalue weighted by Gasteiger charge is 2.11. The van der Waals surface area contributed by atoms with Gasteiger partial charge in [0.25, 0.3) is 5.56 Å². The molecule has 1 N–H and O–H groups in total. The van der Waals surface area contributed by atoms with Crippen LogP contribution in [0.3, 0.4) is 0 Å². The smallest absolute Gasteiger partial charge is 0.254 e. The fraction of sp³-hybridized carbons (Fsp3) is 0.214. The van der Waals surface area contributed by atoms with E-state index in [0.29, 0.717) is 29.1 Å². The van der Waals surface area contributed by atoms with Gasteiger partial charge >= 0.3 is 0 Å². The lowest BCUT2D eigenvalue weighted by atomic mass is 10.0. The van der Waals surface area contributed by atoms with Crippen LogP contribution < -0.4 is 5.56 Å². The number of aromatic nitrogens is 2. The Bertz CT molecular complexity index is 728. The lowest BCUT2D eigenvalue weighted by molar-refractivity contribution is 0.627. The lowest BCUT2D eigenvalue weighted by Gasteiger charge is -2.07. The number of aromatic amines is 1. The Labute approximate surface area is 109 Å². The summed E-state index contributed by atoms with van der Waals surface area (Å²) in [5, 5.41) is 8.85. The van der Waals surface area contributed by atoms with Gasteiger partial charge in [0.15, 0.2) is 0 Å². The van der Waals surface area contributed by atoms with E-state index >= 15 is 0 Å². The molecule has 1 aromatic heterocycles. The Morgan fingerprint density at radius 2 is 2.16 bits per heavy atom. The molecule has 0 aliphatic rings. The van der Waals surface area contributed by atoms with Gasteiger partial charge in [-0.25, -0.2) is 9.37 Å². The van der Waals surface area contributed by atoms with Gasteiger partial charge in [-0.1, -0.05) is 6.92 Å². The Hall–Kier alpha value is -2.48. The van der Waals surface area contributed by atoms with Gasteiger partial charge in [0.05, 0.1) is 17.3 Å². The number of rotatable bonds is 2. The van der Waals surface area contributed by atoms with Crippen LogP contribution in [0.25, 0.3) is 11.3 Å². The van der Waals surface area contributed by atoms with Gasteiger partial charge in [0, 0.05) is 17.5 Å². The highest BCUT2D eigenvalue weighted by molar-refractivity contribution is 5.64. The van der Waals surface area contributed by atoms with E-state index in [9.17, 15) is 9.18 Å². The zero-order valence-corrected chi connectivity index (χ0v) is 10.6. The van der Waals surface area contributed by atoms with Gasteiger partial charge in [-0.2, -0.15) is 5.26 Å². The SMILES string of the molecule is CCc1nc(-c2cc(F)cc(C#N)c2)c(C)c(=O)[nH]1. The van der Waals surface area contributed by atoms with Gasteiger partial charge in [0.2, 0.25) is 0 Å². The minimum Gasteiger partial charge on any atom is -0.310 e. The van der Waals surface area contributed by atoms with Gasteiger partial charge < -0.3 is 4.98 Å². The third-order valence-corrected chi connectivity index (χ3v) is 2.84. The average Bonchev–Trinajstić information content (AvgIpc) is 2.40. The molecule has 5 heteroatoms. The number of nitrogens with one attached hydrogen (secondary N) is 1. The Morgan fingerprint density at radius 1 is 1.42 bits per heavy atom. The van der Waals surface area contributed by atoms with Crippen LogP contribution in [-0.4, -0.2) is 9.97 Å². The van der Waals surface area contributed by atoms with Crippen molar-refractivity contribution < 1.29 is 4.39 Å². The number of benzene rings is 1. The quantitative estimate of drug-likeness (QED) is 0.897. The van der Waals surface area contributed by atoms with E-state index < -0.39 is 5.82 Å². The Balaban J connectivity index is 2.71. The average molecular weight is 257 g/mol. The first kappa shape index (κ1) is 13.0. The number of halogens is 1. The summed E-state index contributed by atoms with van der Waals surface area (Å²) in [5.41, 5.74) is 1.22. The zero-order valence-electron chi connectivity index (χ0n) is 10.6. The molecule has 4 nitrogen and oxygen atoms in total. The maximum atomic E-state index is 13.5. The summed E-state index contributed by atoms with van der Waals surface area (Å²) >= 11 is 0. The first-order chi connectivity index (χ1) is 9.05. The maximum absolute atomic E-state index is 13.5. The minimum absolute atomic E-state index is 0.203. The number of nitrogens with zero attached hydrogens (tertiary/aromatic N) is 2. The molecule has 2 aromatic rings. The molecule has 19 heavy (non-hydrogen) atoms. The molecule has 0 saturated heterocycles. The third-order valence-electron chi connectivity index (χ3n) is 2.84. The van der Waals surface area contributed by atoms with Crippen molar-refractivity contribution in [2.45, 2.75) is 20.3 Å². The molecule has 0 spiro atoms. The fourth-order valence-corrected chi connectivity index (χ4v) is 1.82. The maximum Gasteiger partial charge on any atom is 0.254 e. The molecule has 1 aromatic carbocycles. The van der Waals surface area contributed by atoms with Crippen LogP contribution in [-0.2, 0) is 6.42 Å². The van der Waals surface area contributed by atoms with E-state index in [0.717, 1.165) is 6.07 Å². The van der Waals surface area contributed by atoms with Crippen LogP contribution in [0.1, 0.15) is 23.9 Å². The Morgan fingerprint density at radius 3 is 2.79 bits per heavy atom. The van der Waals surface area contributed by atoms with E-state index in [1.165, 1.54) is 12.1 Å². The second-order valence-corrected chi connectivity index (χ2v) is 4.18. The monoisotopic (exact) mass is 257 g/mol. The molecule has 0 amide bonds. The lowest BCUT2D eigenvalue weighted by Crippen LogP contribution is -2.15. The fourth-order valence-electron chi connectivity index (χ4n) is 1.82. The molecule has 96 valence electrons. The summed E-state index contributed by atoms with van der Waals surface area (Å²) < 4.78 is 13.5. The first-order valence-electron chi connectivity index (χ1n) is 5.86. The molecule has 2 rings (SSSR count). The summed E-state index contributed by atoms with van der Waals surface area (Å²) in [6.07, 6.45) is 0.572. The van der Waals surface area contributed by atoms with Gasteiger partial charge in [-0.05, 0) is 25.1 Å². The second kappa shape index (κ2) is 5.02.